The maximum atomic E-state index is 13.3. The van der Waals surface area contributed by atoms with Crippen molar-refractivity contribution < 1.29 is 19.1 Å². The van der Waals surface area contributed by atoms with Crippen LogP contribution in [0.3, 0.4) is 0 Å². The highest BCUT2D eigenvalue weighted by atomic mass is 16.6. The Morgan fingerprint density at radius 2 is 1.59 bits per heavy atom. The van der Waals surface area contributed by atoms with Gasteiger partial charge in [-0.3, -0.25) is 9.59 Å². The van der Waals surface area contributed by atoms with Gasteiger partial charge in [-0.05, 0) is 92.8 Å². The van der Waals surface area contributed by atoms with Crippen LogP contribution in [0.2, 0.25) is 0 Å². The first-order chi connectivity index (χ1) is 17.2. The van der Waals surface area contributed by atoms with Crippen molar-refractivity contribution in [3.8, 4) is 0 Å². The van der Waals surface area contributed by atoms with E-state index in [0.29, 0.717) is 22.7 Å². The molecule has 0 saturated heterocycles. The summed E-state index contributed by atoms with van der Waals surface area (Å²) in [4.78, 5) is 26.4. The average molecular weight is 511 g/mol. The molecule has 6 rings (SSSR count). The van der Waals surface area contributed by atoms with Crippen molar-refractivity contribution in [2.24, 2.45) is 50.7 Å². The van der Waals surface area contributed by atoms with Crippen LogP contribution in [0.15, 0.2) is 12.2 Å². The van der Waals surface area contributed by atoms with Gasteiger partial charge >= 0.3 is 11.9 Å². The third kappa shape index (κ3) is 3.58. The fourth-order valence-corrected chi connectivity index (χ4v) is 11.9. The molecule has 4 heteroatoms. The number of rotatable bonds is 4. The molecule has 0 aliphatic heterocycles. The summed E-state index contributed by atoms with van der Waals surface area (Å²) in [5.74, 6) is 1.34. The fourth-order valence-electron chi connectivity index (χ4n) is 11.9. The molecule has 0 heterocycles. The zero-order valence-electron chi connectivity index (χ0n) is 24.3. The second kappa shape index (κ2) is 8.10. The van der Waals surface area contributed by atoms with Gasteiger partial charge in [0.1, 0.15) is 18.6 Å². The molecule has 0 N–H and O–H groups in total. The molecule has 6 saturated carbocycles. The molecule has 9 atom stereocenters. The number of hydrogen-bond acceptors (Lipinski definition) is 4. The number of fused-ring (bicyclic) bond motifs is 5. The van der Waals surface area contributed by atoms with Gasteiger partial charge < -0.3 is 9.47 Å². The molecular formula is C33H50O4. The van der Waals surface area contributed by atoms with Gasteiger partial charge in [-0.1, -0.05) is 60.1 Å². The highest BCUT2D eigenvalue weighted by Crippen LogP contribution is 2.72. The first-order valence-corrected chi connectivity index (χ1v) is 15.3. The van der Waals surface area contributed by atoms with Crippen molar-refractivity contribution in [1.82, 2.24) is 0 Å². The van der Waals surface area contributed by atoms with Gasteiger partial charge in [0.2, 0.25) is 0 Å². The minimum atomic E-state index is -0.405. The van der Waals surface area contributed by atoms with E-state index in [1.165, 1.54) is 44.1 Å². The quantitative estimate of drug-likeness (QED) is 0.221. The van der Waals surface area contributed by atoms with E-state index in [9.17, 15) is 9.59 Å². The van der Waals surface area contributed by atoms with Crippen LogP contribution in [0.25, 0.3) is 0 Å². The summed E-state index contributed by atoms with van der Waals surface area (Å²) in [6, 6.07) is 0. The minimum absolute atomic E-state index is 0.00168. The standard InChI is InChI=1S/C33H50O4/c1-20-18-33-16-12-23-29(2,3)13-8-14-32(23,7)24(33)10-9-22(20)27(33)36-25(34)17-26(35)37-28-30(4,5)21-11-15-31(28,6)19-21/h21-24,27-28H,1,8-19H2,2-7H3/t21-,22-,23+,24-,27+,28+,31+,32+,33-/m0/s1. The molecule has 6 fully saturated rings. The van der Waals surface area contributed by atoms with E-state index in [1.807, 2.05) is 0 Å². The highest BCUT2D eigenvalue weighted by Gasteiger charge is 2.68. The van der Waals surface area contributed by atoms with Gasteiger partial charge in [0.05, 0.1) is 0 Å². The third-order valence-electron chi connectivity index (χ3n) is 13.4. The number of ether oxygens (including phenoxy) is 2. The van der Waals surface area contributed by atoms with Crippen molar-refractivity contribution in [3.63, 3.8) is 0 Å². The van der Waals surface area contributed by atoms with Crippen molar-refractivity contribution in [2.75, 3.05) is 0 Å². The van der Waals surface area contributed by atoms with Crippen LogP contribution >= 0.6 is 0 Å². The highest BCUT2D eigenvalue weighted by molar-refractivity contribution is 5.91. The maximum Gasteiger partial charge on any atom is 0.317 e. The predicted molar refractivity (Wildman–Crippen MR) is 144 cm³/mol. The van der Waals surface area contributed by atoms with Crippen LogP contribution in [0, 0.1) is 50.7 Å². The largest absolute Gasteiger partial charge is 0.461 e. The van der Waals surface area contributed by atoms with E-state index in [-0.39, 0.29) is 40.8 Å². The molecule has 4 bridgehead atoms. The molecular weight excluding hydrogens is 460 g/mol. The Bertz CT molecular complexity index is 1010. The van der Waals surface area contributed by atoms with Crippen molar-refractivity contribution in [2.45, 2.75) is 131 Å². The van der Waals surface area contributed by atoms with E-state index >= 15 is 0 Å². The Morgan fingerprint density at radius 1 is 0.865 bits per heavy atom. The predicted octanol–water partition coefficient (Wildman–Crippen LogP) is 7.65. The Balaban J connectivity index is 1.18. The Kier molecular flexibility index (Phi) is 5.68. The van der Waals surface area contributed by atoms with E-state index in [1.54, 1.807) is 0 Å². The molecule has 6 aliphatic carbocycles. The van der Waals surface area contributed by atoms with Crippen molar-refractivity contribution in [1.29, 1.82) is 0 Å². The van der Waals surface area contributed by atoms with E-state index < -0.39 is 11.9 Å². The lowest BCUT2D eigenvalue weighted by atomic mass is 9.41. The summed E-state index contributed by atoms with van der Waals surface area (Å²) in [5, 5.41) is 0. The molecule has 0 aromatic carbocycles. The van der Waals surface area contributed by atoms with Crippen molar-refractivity contribution in [3.05, 3.63) is 12.2 Å². The number of hydrogen-bond donors (Lipinski definition) is 0. The number of carbonyl (C=O) groups excluding carboxylic acids is 2. The fraction of sp³-hybridized carbons (Fsp3) is 0.879. The molecule has 0 unspecified atom stereocenters. The number of esters is 2. The molecule has 37 heavy (non-hydrogen) atoms. The van der Waals surface area contributed by atoms with Crippen LogP contribution in [0.1, 0.15) is 119 Å². The molecule has 0 aromatic rings. The summed E-state index contributed by atoms with van der Waals surface area (Å²) in [5.41, 5.74) is 1.96. The smallest absolute Gasteiger partial charge is 0.317 e. The summed E-state index contributed by atoms with van der Waals surface area (Å²) in [6.45, 7) is 18.7. The maximum absolute atomic E-state index is 13.3. The van der Waals surface area contributed by atoms with Crippen LogP contribution in [0.5, 0.6) is 0 Å². The van der Waals surface area contributed by atoms with Crippen molar-refractivity contribution >= 4 is 11.9 Å². The molecule has 0 amide bonds. The normalized spacial score (nSPS) is 48.8. The Hall–Kier alpha value is -1.32. The zero-order chi connectivity index (χ0) is 26.6. The second-order valence-corrected chi connectivity index (χ2v) is 16.1. The second-order valence-electron chi connectivity index (χ2n) is 16.1. The summed E-state index contributed by atoms with van der Waals surface area (Å²) in [6.07, 6.45) is 12.4. The van der Waals surface area contributed by atoms with Gasteiger partial charge in [-0.25, -0.2) is 0 Å². The summed E-state index contributed by atoms with van der Waals surface area (Å²) in [7, 11) is 0. The van der Waals surface area contributed by atoms with Gasteiger partial charge in [-0.15, -0.1) is 0 Å². The van der Waals surface area contributed by atoms with Crippen LogP contribution in [-0.4, -0.2) is 24.1 Å². The topological polar surface area (TPSA) is 52.6 Å². The van der Waals surface area contributed by atoms with Gasteiger partial charge in [0.25, 0.3) is 0 Å². The molecule has 6 aliphatic rings. The van der Waals surface area contributed by atoms with E-state index in [0.717, 1.165) is 38.0 Å². The first-order valence-electron chi connectivity index (χ1n) is 15.3. The molecule has 0 aromatic heterocycles. The third-order valence-corrected chi connectivity index (χ3v) is 13.4. The zero-order valence-corrected chi connectivity index (χ0v) is 24.3. The van der Waals surface area contributed by atoms with Gasteiger partial charge in [0.15, 0.2) is 0 Å². The van der Waals surface area contributed by atoms with Crippen LogP contribution in [0.4, 0.5) is 0 Å². The van der Waals surface area contributed by atoms with Crippen LogP contribution < -0.4 is 0 Å². The lowest BCUT2D eigenvalue weighted by Gasteiger charge is -2.64. The monoisotopic (exact) mass is 510 g/mol. The lowest BCUT2D eigenvalue weighted by molar-refractivity contribution is -0.202. The molecule has 0 radical (unpaired) electrons. The SMILES string of the molecule is C=C1C[C@@]23CC[C@@H]4C(C)(C)CCC[C@@]4(C)[C@@H]2CC[C@@H]1[C@H]3OC(=O)CC(=O)O[C@@H]1C(C)(C)[C@H]2CC[C@]1(C)C2. The van der Waals surface area contributed by atoms with E-state index in [2.05, 4.69) is 48.1 Å². The first kappa shape index (κ1) is 25.9. The summed E-state index contributed by atoms with van der Waals surface area (Å²) >= 11 is 0. The van der Waals surface area contributed by atoms with Gasteiger partial charge in [-0.2, -0.15) is 0 Å². The molecule has 4 nitrogen and oxygen atoms in total. The van der Waals surface area contributed by atoms with Gasteiger partial charge in [0, 0.05) is 22.2 Å². The Morgan fingerprint density at radius 3 is 2.30 bits per heavy atom. The van der Waals surface area contributed by atoms with E-state index in [4.69, 9.17) is 9.47 Å². The average Bonchev–Trinajstić information content (AvgIpc) is 3.31. The minimum Gasteiger partial charge on any atom is -0.461 e. The molecule has 206 valence electrons. The Labute approximate surface area is 224 Å². The van der Waals surface area contributed by atoms with Crippen LogP contribution in [-0.2, 0) is 19.1 Å². The molecule has 1 spiro atoms. The number of carbonyl (C=O) groups is 2. The lowest BCUT2D eigenvalue weighted by Crippen LogP contribution is -2.60. The summed E-state index contributed by atoms with van der Waals surface area (Å²) < 4.78 is 12.4.